The SMILES string of the molecule is CNC(=O)c1nnc(Cl)cc1Nc1c(F)ccc(-c2cnn(C)n2)c1OC.CNC(=O)c1nnc(NC(=O)C2CC2)cc1Nc1c(F)ccc(-c2cnn(C)n2)c1OC. The number of amides is 3. The Bertz CT molecular complexity index is 2550. The molecule has 1 aliphatic carbocycles. The molecule has 0 bridgehead atoms. The maximum absolute atomic E-state index is 14.9. The van der Waals surface area contributed by atoms with Crippen LogP contribution in [0.2, 0.25) is 5.15 Å². The molecule has 2 aromatic carbocycles. The van der Waals surface area contributed by atoms with Crippen molar-refractivity contribution in [1.82, 2.24) is 61.0 Å². The van der Waals surface area contributed by atoms with Gasteiger partial charge in [0.2, 0.25) is 5.91 Å². The lowest BCUT2D eigenvalue weighted by molar-refractivity contribution is -0.117. The van der Waals surface area contributed by atoms with E-state index in [2.05, 4.69) is 67.4 Å². The van der Waals surface area contributed by atoms with Crippen molar-refractivity contribution in [1.29, 1.82) is 0 Å². The van der Waals surface area contributed by atoms with E-state index in [1.165, 1.54) is 86.7 Å². The zero-order valence-corrected chi connectivity index (χ0v) is 33.0. The quantitative estimate of drug-likeness (QED) is 0.117. The first-order chi connectivity index (χ1) is 28.3. The summed E-state index contributed by atoms with van der Waals surface area (Å²) in [5.41, 5.74) is 2.12. The van der Waals surface area contributed by atoms with E-state index >= 15 is 0 Å². The Kier molecular flexibility index (Phi) is 12.5. The summed E-state index contributed by atoms with van der Waals surface area (Å²) >= 11 is 5.88. The van der Waals surface area contributed by atoms with E-state index in [4.69, 9.17) is 21.1 Å². The minimum atomic E-state index is -0.627. The molecule has 1 saturated carbocycles. The number of nitrogens with zero attached hydrogens (tertiary/aromatic N) is 10. The van der Waals surface area contributed by atoms with Gasteiger partial charge in [0, 0.05) is 57.4 Å². The first kappa shape index (κ1) is 41.3. The Hall–Kier alpha value is -7.36. The number of ether oxygens (including phenoxy) is 2. The lowest BCUT2D eigenvalue weighted by atomic mass is 10.1. The zero-order valence-electron chi connectivity index (χ0n) is 32.3. The molecule has 20 nitrogen and oxygen atoms in total. The van der Waals surface area contributed by atoms with Crippen LogP contribution in [0.15, 0.2) is 48.8 Å². The van der Waals surface area contributed by atoms with E-state index in [-0.39, 0.29) is 68.4 Å². The number of aryl methyl sites for hydroxylation is 2. The lowest BCUT2D eigenvalue weighted by Crippen LogP contribution is -2.22. The van der Waals surface area contributed by atoms with Gasteiger partial charge >= 0.3 is 0 Å². The molecule has 4 heterocycles. The van der Waals surface area contributed by atoms with Gasteiger partial charge in [0.25, 0.3) is 11.8 Å². The van der Waals surface area contributed by atoms with E-state index in [1.54, 1.807) is 14.1 Å². The molecule has 0 spiro atoms. The second-order valence-electron chi connectivity index (χ2n) is 12.5. The molecule has 0 atom stereocenters. The molecule has 4 aromatic heterocycles. The van der Waals surface area contributed by atoms with Gasteiger partial charge in [0.05, 0.1) is 38.0 Å². The molecular formula is C36H36ClF2N15O5. The van der Waals surface area contributed by atoms with Crippen molar-refractivity contribution in [2.45, 2.75) is 12.8 Å². The molecule has 1 fully saturated rings. The van der Waals surface area contributed by atoms with Crippen molar-refractivity contribution in [3.05, 3.63) is 77.0 Å². The van der Waals surface area contributed by atoms with Crippen molar-refractivity contribution >= 4 is 57.9 Å². The first-order valence-corrected chi connectivity index (χ1v) is 17.9. The normalized spacial score (nSPS) is 11.8. The number of benzene rings is 2. The third-order valence-corrected chi connectivity index (χ3v) is 8.72. The van der Waals surface area contributed by atoms with Gasteiger partial charge in [-0.1, -0.05) is 11.6 Å². The molecule has 23 heteroatoms. The smallest absolute Gasteiger partial charge is 0.273 e. The third kappa shape index (κ3) is 9.28. The van der Waals surface area contributed by atoms with Crippen LogP contribution in [0.25, 0.3) is 22.5 Å². The molecule has 6 aromatic rings. The van der Waals surface area contributed by atoms with Crippen LogP contribution in [0, 0.1) is 17.6 Å². The Morgan fingerprint density at radius 3 is 1.63 bits per heavy atom. The highest BCUT2D eigenvalue weighted by atomic mass is 35.5. The molecule has 0 unspecified atom stereocenters. The Morgan fingerprint density at radius 2 is 1.20 bits per heavy atom. The fourth-order valence-corrected chi connectivity index (χ4v) is 5.69. The van der Waals surface area contributed by atoms with Gasteiger partial charge in [-0.25, -0.2) is 8.78 Å². The summed E-state index contributed by atoms with van der Waals surface area (Å²) in [6.07, 6.45) is 4.69. The van der Waals surface area contributed by atoms with Crippen LogP contribution in [0.5, 0.6) is 11.5 Å². The highest BCUT2D eigenvalue weighted by molar-refractivity contribution is 6.29. The molecule has 59 heavy (non-hydrogen) atoms. The fraction of sp³-hybridized carbons (Fsp3) is 0.250. The highest BCUT2D eigenvalue weighted by Crippen LogP contribution is 2.41. The van der Waals surface area contributed by atoms with Crippen molar-refractivity contribution in [3.8, 4) is 34.0 Å². The van der Waals surface area contributed by atoms with Gasteiger partial charge in [0.15, 0.2) is 45.5 Å². The monoisotopic (exact) mass is 831 g/mol. The van der Waals surface area contributed by atoms with E-state index in [9.17, 15) is 23.2 Å². The summed E-state index contributed by atoms with van der Waals surface area (Å²) in [6, 6.07) is 8.35. The first-order valence-electron chi connectivity index (χ1n) is 17.5. The second kappa shape index (κ2) is 17.8. The van der Waals surface area contributed by atoms with E-state index in [0.29, 0.717) is 22.5 Å². The molecule has 0 radical (unpaired) electrons. The predicted octanol–water partition coefficient (Wildman–Crippen LogP) is 4.05. The van der Waals surface area contributed by atoms with Crippen LogP contribution >= 0.6 is 11.6 Å². The van der Waals surface area contributed by atoms with Gasteiger partial charge < -0.3 is 36.1 Å². The third-order valence-electron chi connectivity index (χ3n) is 8.53. The summed E-state index contributed by atoms with van der Waals surface area (Å²) in [7, 11) is 9.00. The largest absolute Gasteiger partial charge is 0.494 e. The number of halogens is 3. The topological polar surface area (TPSA) is 243 Å². The van der Waals surface area contributed by atoms with Crippen LogP contribution in [0.3, 0.4) is 0 Å². The van der Waals surface area contributed by atoms with Crippen molar-refractivity contribution < 1.29 is 32.6 Å². The molecule has 0 saturated heterocycles. The van der Waals surface area contributed by atoms with Gasteiger partial charge in [-0.05, 0) is 37.1 Å². The molecule has 7 rings (SSSR count). The molecule has 1 aliphatic rings. The van der Waals surface area contributed by atoms with Crippen molar-refractivity contribution in [3.63, 3.8) is 0 Å². The standard InChI is InChI=1S/C20H21FN8O3.C16H15ClFN7O2/c1-22-20(31)17-13(8-15(26-27-17)25-19(30)10-4-5-10)24-16-12(21)7-6-11(18(16)32-3)14-9-23-29(2)28-14;1-19-16(26)14-10(6-12(17)22-23-14)21-13-9(18)5-4-8(15(13)27-3)11-7-20-25(2)24-11/h6-10H,4-5H2,1-3H3,(H,22,31)(H2,24,25,26,30);4-7H,1-3H3,(H,19,26)(H,21,22). The van der Waals surface area contributed by atoms with E-state index in [1.807, 2.05) is 0 Å². The predicted molar refractivity (Wildman–Crippen MR) is 210 cm³/mol. The summed E-state index contributed by atoms with van der Waals surface area (Å²) < 4.78 is 40.3. The lowest BCUT2D eigenvalue weighted by Gasteiger charge is -2.17. The molecule has 0 aliphatic heterocycles. The number of methoxy groups -OCH3 is 2. The van der Waals surface area contributed by atoms with Gasteiger partial charge in [-0.2, -0.15) is 30.0 Å². The minimum absolute atomic E-state index is 0.00475. The van der Waals surface area contributed by atoms with Crippen molar-refractivity contribution in [2.75, 3.05) is 44.3 Å². The Labute approximate surface area is 339 Å². The molecule has 306 valence electrons. The van der Waals surface area contributed by atoms with Crippen LogP contribution in [0.1, 0.15) is 33.8 Å². The van der Waals surface area contributed by atoms with Crippen LogP contribution in [-0.4, -0.2) is 96.4 Å². The summed E-state index contributed by atoms with van der Waals surface area (Å²) in [6.45, 7) is 0. The fourth-order valence-electron chi connectivity index (χ4n) is 5.54. The molecular weight excluding hydrogens is 796 g/mol. The maximum atomic E-state index is 14.9. The number of rotatable bonds is 12. The minimum Gasteiger partial charge on any atom is -0.494 e. The molecule has 3 amide bonds. The number of carbonyl (C=O) groups excluding carboxylic acids is 3. The number of nitrogens with one attached hydrogen (secondary N) is 5. The van der Waals surface area contributed by atoms with E-state index in [0.717, 1.165) is 12.8 Å². The Morgan fingerprint density at radius 1 is 0.729 bits per heavy atom. The average Bonchev–Trinajstić information content (AvgIpc) is 3.86. The number of hydrogen-bond acceptors (Lipinski definition) is 15. The second-order valence-corrected chi connectivity index (χ2v) is 12.9. The average molecular weight is 832 g/mol. The maximum Gasteiger partial charge on any atom is 0.273 e. The summed E-state index contributed by atoms with van der Waals surface area (Å²) in [5.74, 6) is -2.01. The number of anilines is 5. The van der Waals surface area contributed by atoms with Gasteiger partial charge in [0.1, 0.15) is 22.8 Å². The van der Waals surface area contributed by atoms with Gasteiger partial charge in [-0.15, -0.1) is 20.4 Å². The van der Waals surface area contributed by atoms with E-state index < -0.39 is 23.4 Å². The summed E-state index contributed by atoms with van der Waals surface area (Å²) in [4.78, 5) is 39.2. The van der Waals surface area contributed by atoms with Crippen LogP contribution in [-0.2, 0) is 18.9 Å². The number of hydrogen-bond donors (Lipinski definition) is 5. The highest BCUT2D eigenvalue weighted by Gasteiger charge is 2.30. The number of aromatic nitrogens is 10. The summed E-state index contributed by atoms with van der Waals surface area (Å²) in [5, 5.41) is 45.1. The van der Waals surface area contributed by atoms with Crippen LogP contribution in [0.4, 0.5) is 37.3 Å². The number of carbonyl (C=O) groups is 3. The molecule has 5 N–H and O–H groups in total. The Balaban J connectivity index is 0.000000201. The van der Waals surface area contributed by atoms with Gasteiger partial charge in [-0.3, -0.25) is 14.4 Å². The zero-order chi connectivity index (χ0) is 42.4. The van der Waals surface area contributed by atoms with Crippen molar-refractivity contribution in [2.24, 2.45) is 20.0 Å². The van der Waals surface area contributed by atoms with Crippen LogP contribution < -0.4 is 36.1 Å².